The van der Waals surface area contributed by atoms with E-state index in [1.807, 2.05) is 13.8 Å². The number of anilines is 1. The lowest BCUT2D eigenvalue weighted by Crippen LogP contribution is -2.37. The molecule has 1 amide bonds. The first kappa shape index (κ1) is 16.4. The van der Waals surface area contributed by atoms with Crippen LogP contribution >= 0.6 is 0 Å². The number of amides is 1. The Morgan fingerprint density at radius 2 is 2.05 bits per heavy atom. The molecule has 0 unspecified atom stereocenters. The molecule has 120 valence electrons. The summed E-state index contributed by atoms with van der Waals surface area (Å²) in [4.78, 5) is 24.9. The van der Waals surface area contributed by atoms with E-state index in [-0.39, 0.29) is 11.6 Å². The Balaban J connectivity index is 2.18. The Kier molecular flexibility index (Phi) is 4.81. The summed E-state index contributed by atoms with van der Waals surface area (Å²) in [5, 5.41) is 14.3. The molecular weight excluding hydrogens is 282 g/mol. The predicted molar refractivity (Wildman–Crippen MR) is 86.3 cm³/mol. The van der Waals surface area contributed by atoms with Gasteiger partial charge in [-0.25, -0.2) is 0 Å². The molecule has 0 bridgehead atoms. The lowest BCUT2D eigenvalue weighted by Gasteiger charge is -2.20. The number of nitrogens with one attached hydrogen (secondary N) is 1. The highest BCUT2D eigenvalue weighted by Gasteiger charge is 2.44. The summed E-state index contributed by atoms with van der Waals surface area (Å²) in [6.45, 7) is 8.23. The number of carbonyl (C=O) groups is 1. The van der Waals surface area contributed by atoms with E-state index in [0.29, 0.717) is 6.54 Å². The van der Waals surface area contributed by atoms with Gasteiger partial charge in [0.1, 0.15) is 0 Å². The monoisotopic (exact) mass is 305 g/mol. The Morgan fingerprint density at radius 3 is 2.68 bits per heavy atom. The van der Waals surface area contributed by atoms with Crippen LogP contribution < -0.4 is 10.2 Å². The first-order valence-electron chi connectivity index (χ1n) is 7.71. The highest BCUT2D eigenvalue weighted by molar-refractivity contribution is 6.07. The fourth-order valence-corrected chi connectivity index (χ4v) is 2.82. The van der Waals surface area contributed by atoms with Crippen molar-refractivity contribution in [3.63, 3.8) is 0 Å². The van der Waals surface area contributed by atoms with E-state index >= 15 is 0 Å². The van der Waals surface area contributed by atoms with Gasteiger partial charge in [0.2, 0.25) is 5.91 Å². The van der Waals surface area contributed by atoms with Crippen LogP contribution in [0.25, 0.3) is 0 Å². The smallest absolute Gasteiger partial charge is 0.269 e. The highest BCUT2D eigenvalue weighted by Crippen LogP contribution is 2.43. The van der Waals surface area contributed by atoms with Crippen molar-refractivity contribution in [1.29, 1.82) is 0 Å². The van der Waals surface area contributed by atoms with Gasteiger partial charge < -0.3 is 10.2 Å². The topological polar surface area (TPSA) is 75.5 Å². The molecule has 1 N–H and O–H groups in total. The van der Waals surface area contributed by atoms with Gasteiger partial charge in [-0.15, -0.1) is 0 Å². The van der Waals surface area contributed by atoms with Gasteiger partial charge in [-0.3, -0.25) is 14.9 Å². The molecule has 1 aliphatic heterocycles. The van der Waals surface area contributed by atoms with Gasteiger partial charge in [-0.1, -0.05) is 6.92 Å². The SMILES string of the molecule is CCCNCCCN1C(=O)C(C)(C)c2cc([N+](=O)[O-])ccc21. The van der Waals surface area contributed by atoms with Crippen LogP contribution in [0.4, 0.5) is 11.4 Å². The Morgan fingerprint density at radius 1 is 1.32 bits per heavy atom. The molecule has 0 spiro atoms. The third-order valence-electron chi connectivity index (χ3n) is 4.10. The number of fused-ring (bicyclic) bond motifs is 1. The summed E-state index contributed by atoms with van der Waals surface area (Å²) < 4.78 is 0. The average Bonchev–Trinajstić information content (AvgIpc) is 2.67. The largest absolute Gasteiger partial charge is 0.317 e. The molecule has 1 aliphatic rings. The number of non-ortho nitro benzene ring substituents is 1. The van der Waals surface area contributed by atoms with E-state index in [9.17, 15) is 14.9 Å². The molecule has 0 radical (unpaired) electrons. The van der Waals surface area contributed by atoms with Crippen molar-refractivity contribution in [3.05, 3.63) is 33.9 Å². The number of nitrogens with zero attached hydrogens (tertiary/aromatic N) is 2. The van der Waals surface area contributed by atoms with Crippen LogP contribution in [-0.2, 0) is 10.2 Å². The van der Waals surface area contributed by atoms with Gasteiger partial charge in [0.15, 0.2) is 0 Å². The van der Waals surface area contributed by atoms with Crippen molar-refractivity contribution >= 4 is 17.3 Å². The number of carbonyl (C=O) groups excluding carboxylic acids is 1. The first-order chi connectivity index (χ1) is 10.4. The molecule has 0 fully saturated rings. The van der Waals surface area contributed by atoms with E-state index < -0.39 is 10.3 Å². The summed E-state index contributed by atoms with van der Waals surface area (Å²) in [7, 11) is 0. The maximum atomic E-state index is 12.6. The predicted octanol–water partition coefficient (Wildman–Crippen LogP) is 2.61. The molecule has 1 heterocycles. The average molecular weight is 305 g/mol. The molecule has 6 heteroatoms. The van der Waals surface area contributed by atoms with Gasteiger partial charge in [-0.05, 0) is 51.4 Å². The van der Waals surface area contributed by atoms with Crippen LogP contribution in [-0.4, -0.2) is 30.5 Å². The van der Waals surface area contributed by atoms with Crippen molar-refractivity contribution in [2.45, 2.75) is 39.0 Å². The summed E-state index contributed by atoms with van der Waals surface area (Å²) in [6, 6.07) is 4.69. The number of benzene rings is 1. The molecule has 0 aliphatic carbocycles. The van der Waals surface area contributed by atoms with Crippen LogP contribution in [0.1, 0.15) is 39.2 Å². The minimum absolute atomic E-state index is 0.0125. The second-order valence-electron chi connectivity index (χ2n) is 6.14. The zero-order valence-electron chi connectivity index (χ0n) is 13.4. The first-order valence-corrected chi connectivity index (χ1v) is 7.71. The summed E-state index contributed by atoms with van der Waals surface area (Å²) >= 11 is 0. The number of hydrogen-bond acceptors (Lipinski definition) is 4. The Hall–Kier alpha value is -1.95. The molecule has 2 rings (SSSR count). The zero-order chi connectivity index (χ0) is 16.3. The molecular formula is C16H23N3O3. The lowest BCUT2D eigenvalue weighted by atomic mass is 9.86. The second-order valence-corrected chi connectivity index (χ2v) is 6.14. The van der Waals surface area contributed by atoms with Gasteiger partial charge in [-0.2, -0.15) is 0 Å². The maximum absolute atomic E-state index is 12.6. The van der Waals surface area contributed by atoms with Gasteiger partial charge in [0, 0.05) is 24.4 Å². The van der Waals surface area contributed by atoms with E-state index in [1.165, 1.54) is 12.1 Å². The zero-order valence-corrected chi connectivity index (χ0v) is 13.4. The van der Waals surface area contributed by atoms with Crippen molar-refractivity contribution in [3.8, 4) is 0 Å². The summed E-state index contributed by atoms with van der Waals surface area (Å²) in [5.41, 5.74) is 0.869. The number of rotatable bonds is 7. The lowest BCUT2D eigenvalue weighted by molar-refractivity contribution is -0.384. The van der Waals surface area contributed by atoms with Crippen LogP contribution in [0.2, 0.25) is 0 Å². The molecule has 6 nitrogen and oxygen atoms in total. The molecule has 0 saturated heterocycles. The Labute approximate surface area is 130 Å². The van der Waals surface area contributed by atoms with E-state index in [0.717, 1.165) is 37.2 Å². The van der Waals surface area contributed by atoms with Crippen molar-refractivity contribution in [1.82, 2.24) is 5.32 Å². The molecule has 0 atom stereocenters. The van der Waals surface area contributed by atoms with Crippen LogP contribution in [0, 0.1) is 10.1 Å². The summed E-state index contributed by atoms with van der Waals surface area (Å²) in [6.07, 6.45) is 1.94. The van der Waals surface area contributed by atoms with Crippen LogP contribution in [0.3, 0.4) is 0 Å². The molecule has 1 aromatic carbocycles. The van der Waals surface area contributed by atoms with Crippen molar-refractivity contribution < 1.29 is 9.72 Å². The van der Waals surface area contributed by atoms with E-state index in [2.05, 4.69) is 12.2 Å². The fraction of sp³-hybridized carbons (Fsp3) is 0.562. The fourth-order valence-electron chi connectivity index (χ4n) is 2.82. The quantitative estimate of drug-likeness (QED) is 0.477. The van der Waals surface area contributed by atoms with Gasteiger partial charge >= 0.3 is 0 Å². The minimum atomic E-state index is -0.710. The third-order valence-corrected chi connectivity index (χ3v) is 4.10. The standard InChI is InChI=1S/C16H23N3O3/c1-4-8-17-9-5-10-18-14-7-6-12(19(21)22)11-13(14)16(2,3)15(18)20/h6-7,11,17H,4-5,8-10H2,1-3H3. The van der Waals surface area contributed by atoms with E-state index in [4.69, 9.17) is 0 Å². The van der Waals surface area contributed by atoms with Crippen molar-refractivity contribution in [2.24, 2.45) is 0 Å². The molecule has 0 aromatic heterocycles. The van der Waals surface area contributed by atoms with Gasteiger partial charge in [0.05, 0.1) is 10.3 Å². The third kappa shape index (κ3) is 2.97. The van der Waals surface area contributed by atoms with Crippen LogP contribution in [0.5, 0.6) is 0 Å². The number of hydrogen-bond donors (Lipinski definition) is 1. The Bertz CT molecular complexity index is 584. The molecule has 22 heavy (non-hydrogen) atoms. The second kappa shape index (κ2) is 6.44. The maximum Gasteiger partial charge on any atom is 0.269 e. The summed E-state index contributed by atoms with van der Waals surface area (Å²) in [5.74, 6) is 0.0125. The normalized spacial score (nSPS) is 16.0. The van der Waals surface area contributed by atoms with Crippen LogP contribution in [0.15, 0.2) is 18.2 Å². The van der Waals surface area contributed by atoms with E-state index in [1.54, 1.807) is 11.0 Å². The molecule has 1 aromatic rings. The molecule has 0 saturated carbocycles. The van der Waals surface area contributed by atoms with Crippen molar-refractivity contribution in [2.75, 3.05) is 24.5 Å². The van der Waals surface area contributed by atoms with Gasteiger partial charge in [0.25, 0.3) is 5.69 Å². The minimum Gasteiger partial charge on any atom is -0.317 e. The number of nitro benzene ring substituents is 1. The number of nitro groups is 1. The highest BCUT2D eigenvalue weighted by atomic mass is 16.6.